The van der Waals surface area contributed by atoms with Crippen molar-refractivity contribution in [1.82, 2.24) is 0 Å². The molecule has 3 rings (SSSR count). The summed E-state index contributed by atoms with van der Waals surface area (Å²) >= 11 is 0. The topological polar surface area (TPSA) is 123 Å². The molecule has 0 atom stereocenters. The number of anilines is 2. The number of nitrogens with zero attached hydrogens (tertiary/aromatic N) is 3. The molecule has 2 aromatic rings. The van der Waals surface area contributed by atoms with Crippen LogP contribution in [-0.2, 0) is 19.8 Å². The summed E-state index contributed by atoms with van der Waals surface area (Å²) in [6.45, 7) is 5.59. The first-order chi connectivity index (χ1) is 14.8. The molecule has 0 saturated heterocycles. The van der Waals surface area contributed by atoms with E-state index in [1.807, 2.05) is 24.3 Å². The third-order valence-electron chi connectivity index (χ3n) is 4.86. The third-order valence-corrected chi connectivity index (χ3v) is 5.71. The fourth-order valence-corrected chi connectivity index (χ4v) is 3.71. The molecule has 9 nitrogen and oxygen atoms in total. The smallest absolute Gasteiger partial charge is 0.744 e. The molecule has 1 heterocycles. The Hall–Kier alpha value is -1.41. The van der Waals surface area contributed by atoms with Gasteiger partial charge in [0.1, 0.15) is 22.4 Å². The Balaban J connectivity index is 0.00000363. The second-order valence-electron chi connectivity index (χ2n) is 6.71. The number of carbonyl (C=O) groups is 1. The molecule has 1 aliphatic rings. The number of hydrogen-bond acceptors (Lipinski definition) is 8. The first-order valence-electron chi connectivity index (χ1n) is 9.59. The number of carbonyl (C=O) groups excluding carboxylic acids is 1. The van der Waals surface area contributed by atoms with Gasteiger partial charge in [0.05, 0.1) is 16.2 Å². The van der Waals surface area contributed by atoms with E-state index in [4.69, 9.17) is 5.26 Å². The molecule has 0 bridgehead atoms. The molecule has 0 saturated carbocycles. The molecule has 1 amide bonds. The molecule has 0 unspecified atom stereocenters. The monoisotopic (exact) mass is 483 g/mol. The van der Waals surface area contributed by atoms with Crippen molar-refractivity contribution in [3.05, 3.63) is 59.7 Å². The molecule has 11 heteroatoms. The van der Waals surface area contributed by atoms with Gasteiger partial charge < -0.3 is 9.45 Å². The molecule has 164 valence electrons. The van der Waals surface area contributed by atoms with Crippen LogP contribution in [0.25, 0.3) is 6.08 Å². The first kappa shape index (κ1) is 26.8. The fourth-order valence-electron chi connectivity index (χ4n) is 3.24. The first-order valence-corrected chi connectivity index (χ1v) is 11.0. The van der Waals surface area contributed by atoms with E-state index >= 15 is 0 Å². The fraction of sp³-hybridized carbons (Fsp3) is 0.238. The molecule has 0 spiro atoms. The number of rotatable bonds is 8. The Kier molecular flexibility index (Phi) is 9.76. The molecule has 32 heavy (non-hydrogen) atoms. The van der Waals surface area contributed by atoms with Crippen LogP contribution in [-0.4, -0.2) is 49.5 Å². The van der Waals surface area contributed by atoms with Gasteiger partial charge in [-0.2, -0.15) is 10.1 Å². The van der Waals surface area contributed by atoms with Crippen LogP contribution in [0.1, 0.15) is 19.4 Å². The number of hydrazone groups is 1. The number of benzene rings is 2. The Bertz CT molecular complexity index is 1110. The van der Waals surface area contributed by atoms with Gasteiger partial charge in [0.25, 0.3) is 5.91 Å². The molecule has 0 fully saturated rings. The van der Waals surface area contributed by atoms with Crippen LogP contribution < -0.4 is 61.3 Å². The summed E-state index contributed by atoms with van der Waals surface area (Å²) in [5, 5.41) is 14.1. The molecule has 2 aromatic carbocycles. The van der Waals surface area contributed by atoms with Crippen molar-refractivity contribution < 1.29 is 79.3 Å². The van der Waals surface area contributed by atoms with Gasteiger partial charge in [-0.3, -0.25) is 10.1 Å². The van der Waals surface area contributed by atoms with E-state index in [-0.39, 0.29) is 75.0 Å². The SMILES string of the molecule is CCN(CC)c1ccc(C=C2C(=O)N(c3ccc(S(=O)(=O)[O-])cc3)N=C2COO)cc1.[K+]. The van der Waals surface area contributed by atoms with Crippen LogP contribution in [0.15, 0.2) is 64.1 Å². The maximum atomic E-state index is 13.0. The Labute approximate surface area is 229 Å². The normalized spacial score (nSPS) is 15.0. The van der Waals surface area contributed by atoms with Crippen molar-refractivity contribution in [3.63, 3.8) is 0 Å². The number of hydrogen-bond donors (Lipinski definition) is 1. The molecule has 1 N–H and O–H groups in total. The molecule has 1 aliphatic heterocycles. The van der Waals surface area contributed by atoms with E-state index in [0.717, 1.165) is 41.5 Å². The maximum Gasteiger partial charge on any atom is 1.00 e. The van der Waals surface area contributed by atoms with Crippen molar-refractivity contribution in [2.24, 2.45) is 5.10 Å². The van der Waals surface area contributed by atoms with Crippen LogP contribution in [0.4, 0.5) is 11.4 Å². The van der Waals surface area contributed by atoms with E-state index in [2.05, 4.69) is 28.7 Å². The standard InChI is InChI=1S/C21H23N3O6S.K/c1-3-23(4-2)16-7-5-15(6-8-16)13-19-20(14-30-26)22-24(21(19)25)17-9-11-18(12-10-17)31(27,28)29;/h5-13,26H,3-4,14H2,1-2H3,(H,27,28,29);/q;+1/p-1. The summed E-state index contributed by atoms with van der Waals surface area (Å²) in [6.07, 6.45) is 1.64. The van der Waals surface area contributed by atoms with Crippen LogP contribution in [0, 0.1) is 0 Å². The Morgan fingerprint density at radius 2 is 1.69 bits per heavy atom. The number of amides is 1. The second kappa shape index (κ2) is 11.6. The van der Waals surface area contributed by atoms with Crippen molar-refractivity contribution >= 4 is 39.2 Å². The zero-order chi connectivity index (χ0) is 22.6. The van der Waals surface area contributed by atoms with Crippen LogP contribution >= 0.6 is 0 Å². The van der Waals surface area contributed by atoms with Gasteiger partial charge in [0, 0.05) is 18.8 Å². The van der Waals surface area contributed by atoms with E-state index in [0.29, 0.717) is 0 Å². The predicted molar refractivity (Wildman–Crippen MR) is 116 cm³/mol. The quantitative estimate of drug-likeness (QED) is 0.180. The van der Waals surface area contributed by atoms with Gasteiger partial charge in [-0.15, -0.1) is 0 Å². The van der Waals surface area contributed by atoms with Crippen LogP contribution in [0.2, 0.25) is 0 Å². The molecule has 0 radical (unpaired) electrons. The summed E-state index contributed by atoms with van der Waals surface area (Å²) in [6, 6.07) is 12.5. The van der Waals surface area contributed by atoms with E-state index in [1.54, 1.807) is 6.08 Å². The summed E-state index contributed by atoms with van der Waals surface area (Å²) in [5.41, 5.74) is 2.53. The van der Waals surface area contributed by atoms with Gasteiger partial charge in [-0.05, 0) is 61.9 Å². The average molecular weight is 484 g/mol. The van der Waals surface area contributed by atoms with Crippen molar-refractivity contribution in [2.75, 3.05) is 29.6 Å². The van der Waals surface area contributed by atoms with E-state index in [1.165, 1.54) is 12.1 Å². The minimum atomic E-state index is -4.60. The van der Waals surface area contributed by atoms with E-state index in [9.17, 15) is 17.8 Å². The Morgan fingerprint density at radius 3 is 2.19 bits per heavy atom. The van der Waals surface area contributed by atoms with E-state index < -0.39 is 20.9 Å². The van der Waals surface area contributed by atoms with Gasteiger partial charge in [-0.25, -0.2) is 13.3 Å². The van der Waals surface area contributed by atoms with Crippen molar-refractivity contribution in [2.45, 2.75) is 18.7 Å². The zero-order valence-electron chi connectivity index (χ0n) is 18.1. The average Bonchev–Trinajstić information content (AvgIpc) is 3.05. The predicted octanol–water partition coefficient (Wildman–Crippen LogP) is -0.283. The zero-order valence-corrected chi connectivity index (χ0v) is 22.0. The maximum absolute atomic E-state index is 13.0. The van der Waals surface area contributed by atoms with Gasteiger partial charge >= 0.3 is 51.4 Å². The molecule has 0 aromatic heterocycles. The third kappa shape index (κ3) is 6.13. The minimum Gasteiger partial charge on any atom is -0.744 e. The van der Waals surface area contributed by atoms with Crippen molar-refractivity contribution in [1.29, 1.82) is 0 Å². The van der Waals surface area contributed by atoms with Crippen molar-refractivity contribution in [3.8, 4) is 0 Å². The Morgan fingerprint density at radius 1 is 1.09 bits per heavy atom. The molecular weight excluding hydrogens is 461 g/mol. The second-order valence-corrected chi connectivity index (χ2v) is 8.09. The molecule has 0 aliphatic carbocycles. The van der Waals surface area contributed by atoms with Crippen LogP contribution in [0.5, 0.6) is 0 Å². The summed E-state index contributed by atoms with van der Waals surface area (Å²) in [7, 11) is -4.60. The minimum absolute atomic E-state index is 0. The largest absolute Gasteiger partial charge is 1.00 e. The van der Waals surface area contributed by atoms with Gasteiger partial charge in [0.15, 0.2) is 0 Å². The van der Waals surface area contributed by atoms with Gasteiger partial charge in [-0.1, -0.05) is 12.1 Å². The molecular formula is C21H22KN3O6S. The van der Waals surface area contributed by atoms with Crippen LogP contribution in [0.3, 0.4) is 0 Å². The summed E-state index contributed by atoms with van der Waals surface area (Å²) in [5.74, 6) is -0.474. The summed E-state index contributed by atoms with van der Waals surface area (Å²) < 4.78 is 33.3. The van der Waals surface area contributed by atoms with Gasteiger partial charge in [0.2, 0.25) is 0 Å². The summed E-state index contributed by atoms with van der Waals surface area (Å²) in [4.78, 5) is 18.9.